The van der Waals surface area contributed by atoms with Crippen LogP contribution in [0.15, 0.2) is 36.5 Å². The Balaban J connectivity index is 1.90. The minimum atomic E-state index is -3.79. The van der Waals surface area contributed by atoms with Gasteiger partial charge in [0.05, 0.1) is 29.0 Å². The number of hydrogen-bond donors (Lipinski definition) is 2. The number of rotatable bonds is 6. The molecule has 2 unspecified atom stereocenters. The van der Waals surface area contributed by atoms with Gasteiger partial charge in [-0.05, 0) is 36.7 Å². The van der Waals surface area contributed by atoms with Crippen LogP contribution in [-0.4, -0.2) is 37.0 Å². The topological polar surface area (TPSA) is 99.8 Å². The number of aryl methyl sites for hydroxylation is 1. The SMILES string of the molecule is Cn1ccc(C(NS(=O)(=O)CC2(C#N)CCNC2)c2ccc(F)cc2)n1. The zero-order valence-corrected chi connectivity index (χ0v) is 15.1. The first-order valence-electron chi connectivity index (χ1n) is 8.19. The summed E-state index contributed by atoms with van der Waals surface area (Å²) in [5, 5.41) is 16.8. The number of halogens is 1. The van der Waals surface area contributed by atoms with Gasteiger partial charge in [-0.3, -0.25) is 4.68 Å². The predicted molar refractivity (Wildman–Crippen MR) is 93.9 cm³/mol. The summed E-state index contributed by atoms with van der Waals surface area (Å²) in [6.07, 6.45) is 2.19. The molecular weight excluding hydrogens is 357 g/mol. The van der Waals surface area contributed by atoms with E-state index in [0.29, 0.717) is 30.8 Å². The first-order chi connectivity index (χ1) is 12.3. The van der Waals surface area contributed by atoms with Gasteiger partial charge >= 0.3 is 0 Å². The molecule has 0 saturated carbocycles. The van der Waals surface area contributed by atoms with Gasteiger partial charge in [-0.1, -0.05) is 12.1 Å². The molecule has 1 aliphatic rings. The first kappa shape index (κ1) is 18.5. The van der Waals surface area contributed by atoms with E-state index in [1.165, 1.54) is 24.3 Å². The average molecular weight is 377 g/mol. The van der Waals surface area contributed by atoms with E-state index in [4.69, 9.17) is 0 Å². The molecule has 0 bridgehead atoms. The molecule has 0 radical (unpaired) electrons. The number of sulfonamides is 1. The minimum Gasteiger partial charge on any atom is -0.315 e. The van der Waals surface area contributed by atoms with Gasteiger partial charge in [0.1, 0.15) is 5.82 Å². The van der Waals surface area contributed by atoms with Crippen molar-refractivity contribution in [1.82, 2.24) is 19.8 Å². The van der Waals surface area contributed by atoms with Crippen molar-refractivity contribution < 1.29 is 12.8 Å². The Kier molecular flexibility index (Phi) is 5.09. The number of nitrogens with zero attached hydrogens (tertiary/aromatic N) is 3. The van der Waals surface area contributed by atoms with Crippen LogP contribution in [0.1, 0.15) is 23.7 Å². The normalized spacial score (nSPS) is 21.4. The van der Waals surface area contributed by atoms with Crippen LogP contribution in [-0.2, 0) is 17.1 Å². The van der Waals surface area contributed by atoms with Gasteiger partial charge < -0.3 is 5.32 Å². The van der Waals surface area contributed by atoms with Crippen LogP contribution < -0.4 is 10.0 Å². The van der Waals surface area contributed by atoms with E-state index in [2.05, 4.69) is 21.2 Å². The van der Waals surface area contributed by atoms with Gasteiger partial charge in [0.15, 0.2) is 0 Å². The molecule has 2 heterocycles. The Bertz CT molecular complexity index is 911. The predicted octanol–water partition coefficient (Wildman–Crippen LogP) is 1.07. The van der Waals surface area contributed by atoms with E-state index in [9.17, 15) is 18.1 Å². The van der Waals surface area contributed by atoms with E-state index >= 15 is 0 Å². The number of nitrogens with one attached hydrogen (secondary N) is 2. The van der Waals surface area contributed by atoms with Crippen LogP contribution in [0, 0.1) is 22.6 Å². The molecule has 1 fully saturated rings. The van der Waals surface area contributed by atoms with Crippen molar-refractivity contribution in [2.45, 2.75) is 12.5 Å². The largest absolute Gasteiger partial charge is 0.315 e. The summed E-state index contributed by atoms with van der Waals surface area (Å²) < 4.78 is 43.0. The molecule has 1 saturated heterocycles. The smallest absolute Gasteiger partial charge is 0.214 e. The van der Waals surface area contributed by atoms with Crippen molar-refractivity contribution >= 4 is 10.0 Å². The van der Waals surface area contributed by atoms with E-state index in [1.54, 1.807) is 24.0 Å². The lowest BCUT2D eigenvalue weighted by Crippen LogP contribution is -2.39. The highest BCUT2D eigenvalue weighted by Crippen LogP contribution is 2.28. The molecule has 0 spiro atoms. The van der Waals surface area contributed by atoms with Crippen molar-refractivity contribution in [3.8, 4) is 6.07 Å². The summed E-state index contributed by atoms with van der Waals surface area (Å²) in [4.78, 5) is 0. The highest BCUT2D eigenvalue weighted by Gasteiger charge is 2.39. The van der Waals surface area contributed by atoms with Gasteiger partial charge in [-0.15, -0.1) is 0 Å². The quantitative estimate of drug-likeness (QED) is 0.784. The lowest BCUT2D eigenvalue weighted by atomic mass is 9.92. The molecule has 7 nitrogen and oxygen atoms in total. The highest BCUT2D eigenvalue weighted by atomic mass is 32.2. The van der Waals surface area contributed by atoms with Crippen molar-refractivity contribution in [2.75, 3.05) is 18.8 Å². The maximum atomic E-state index is 13.3. The zero-order valence-electron chi connectivity index (χ0n) is 14.3. The van der Waals surface area contributed by atoms with Crippen molar-refractivity contribution in [3.63, 3.8) is 0 Å². The standard InChI is InChI=1S/C17H20FN5O2S/c1-23-9-6-15(21-23)16(13-2-4-14(18)5-3-13)22-26(24,25)12-17(10-19)7-8-20-11-17/h2-6,9,16,20,22H,7-8,11-12H2,1H3. The molecule has 1 aromatic heterocycles. The summed E-state index contributed by atoms with van der Waals surface area (Å²) in [7, 11) is -2.06. The third-order valence-electron chi connectivity index (χ3n) is 4.48. The molecule has 9 heteroatoms. The van der Waals surface area contributed by atoms with E-state index in [1.807, 2.05) is 0 Å². The fraction of sp³-hybridized carbons (Fsp3) is 0.412. The van der Waals surface area contributed by atoms with E-state index in [-0.39, 0.29) is 5.75 Å². The number of aromatic nitrogens is 2. The third kappa shape index (κ3) is 4.09. The fourth-order valence-corrected chi connectivity index (χ4v) is 4.86. The molecule has 1 aliphatic heterocycles. The summed E-state index contributed by atoms with van der Waals surface area (Å²) in [5.74, 6) is -0.703. The molecule has 138 valence electrons. The molecule has 3 rings (SSSR count). The maximum absolute atomic E-state index is 13.3. The number of hydrogen-bond acceptors (Lipinski definition) is 5. The second-order valence-corrected chi connectivity index (χ2v) is 8.35. The second-order valence-electron chi connectivity index (χ2n) is 6.59. The third-order valence-corrected chi connectivity index (χ3v) is 6.01. The van der Waals surface area contributed by atoms with Crippen LogP contribution in [0.4, 0.5) is 4.39 Å². The van der Waals surface area contributed by atoms with Gasteiger partial charge in [0, 0.05) is 19.8 Å². The Morgan fingerprint density at radius 2 is 2.15 bits per heavy atom. The van der Waals surface area contributed by atoms with Crippen LogP contribution in [0.5, 0.6) is 0 Å². The Morgan fingerprint density at radius 3 is 2.69 bits per heavy atom. The van der Waals surface area contributed by atoms with Crippen LogP contribution >= 0.6 is 0 Å². The summed E-state index contributed by atoms with van der Waals surface area (Å²) in [6.45, 7) is 0.958. The molecular formula is C17H20FN5O2S. The lowest BCUT2D eigenvalue weighted by molar-refractivity contribution is 0.477. The Morgan fingerprint density at radius 1 is 1.42 bits per heavy atom. The maximum Gasteiger partial charge on any atom is 0.214 e. The zero-order chi connectivity index (χ0) is 18.8. The molecule has 0 amide bonds. The van der Waals surface area contributed by atoms with Crippen molar-refractivity contribution in [3.05, 3.63) is 53.6 Å². The minimum absolute atomic E-state index is 0.298. The van der Waals surface area contributed by atoms with Gasteiger partial charge in [0.2, 0.25) is 10.0 Å². The highest BCUT2D eigenvalue weighted by molar-refractivity contribution is 7.89. The summed E-state index contributed by atoms with van der Waals surface area (Å²) >= 11 is 0. The molecule has 2 atom stereocenters. The second kappa shape index (κ2) is 7.15. The molecule has 2 aromatic rings. The molecule has 0 aliphatic carbocycles. The monoisotopic (exact) mass is 377 g/mol. The lowest BCUT2D eigenvalue weighted by Gasteiger charge is -2.23. The number of benzene rings is 1. The average Bonchev–Trinajstić information content (AvgIpc) is 3.23. The van der Waals surface area contributed by atoms with Gasteiger partial charge in [0.25, 0.3) is 0 Å². The van der Waals surface area contributed by atoms with Crippen LogP contribution in [0.25, 0.3) is 0 Å². The Labute approximate surface area is 151 Å². The summed E-state index contributed by atoms with van der Waals surface area (Å²) in [6, 6.07) is 8.69. The molecule has 2 N–H and O–H groups in total. The number of nitriles is 1. The van der Waals surface area contributed by atoms with E-state index in [0.717, 1.165) is 0 Å². The van der Waals surface area contributed by atoms with Crippen LogP contribution in [0.2, 0.25) is 0 Å². The molecule has 26 heavy (non-hydrogen) atoms. The molecule has 1 aromatic carbocycles. The van der Waals surface area contributed by atoms with Crippen molar-refractivity contribution in [1.29, 1.82) is 5.26 Å². The van der Waals surface area contributed by atoms with Gasteiger partial charge in [-0.2, -0.15) is 10.4 Å². The van der Waals surface area contributed by atoms with Crippen LogP contribution in [0.3, 0.4) is 0 Å². The van der Waals surface area contributed by atoms with E-state index < -0.39 is 27.3 Å². The Hall–Kier alpha value is -2.28. The van der Waals surface area contributed by atoms with Crippen molar-refractivity contribution in [2.24, 2.45) is 12.5 Å². The van der Waals surface area contributed by atoms with Gasteiger partial charge in [-0.25, -0.2) is 17.5 Å². The summed E-state index contributed by atoms with van der Waals surface area (Å²) in [5.41, 5.74) is 0.131. The first-order valence-corrected chi connectivity index (χ1v) is 9.85. The fourth-order valence-electron chi connectivity index (χ4n) is 3.12.